The van der Waals surface area contributed by atoms with Crippen LogP contribution in [-0.2, 0) is 9.59 Å². The van der Waals surface area contributed by atoms with Crippen LogP contribution < -0.4 is 22.9 Å². The number of amides is 2. The molecule has 0 aromatic heterocycles. The van der Waals surface area contributed by atoms with E-state index in [-0.39, 0.29) is 0 Å². The molecule has 0 aliphatic carbocycles. The first-order valence-corrected chi connectivity index (χ1v) is 2.31. The number of nitrogens with two attached hydrogens (primary N) is 4. The summed E-state index contributed by atoms with van der Waals surface area (Å²) < 4.78 is 0. The van der Waals surface area contributed by atoms with Gasteiger partial charge in [0, 0.05) is 0 Å². The summed E-state index contributed by atoms with van der Waals surface area (Å²) in [6, 6.07) is 0. The Hall–Kier alpha value is -1.72. The van der Waals surface area contributed by atoms with Crippen LogP contribution in [0, 0.1) is 0 Å². The van der Waals surface area contributed by atoms with E-state index in [2.05, 4.69) is 11.5 Å². The van der Waals surface area contributed by atoms with Crippen molar-refractivity contribution in [2.75, 3.05) is 0 Å². The van der Waals surface area contributed by atoms with E-state index >= 15 is 0 Å². The maximum atomic E-state index is 10.2. The molecule has 0 aromatic rings. The molecular formula is C4H8N4O2. The second-order valence-corrected chi connectivity index (χ2v) is 1.56. The quantitative estimate of drug-likeness (QED) is 0.308. The Morgan fingerprint density at radius 3 is 1.00 bits per heavy atom. The fraction of sp³-hybridized carbons (Fsp3) is 0. The molecule has 0 aliphatic heterocycles. The molecule has 0 atom stereocenters. The zero-order valence-electron chi connectivity index (χ0n) is 5.13. The van der Waals surface area contributed by atoms with Crippen molar-refractivity contribution in [1.29, 1.82) is 0 Å². The van der Waals surface area contributed by atoms with Gasteiger partial charge in [0.05, 0.1) is 0 Å². The van der Waals surface area contributed by atoms with Gasteiger partial charge >= 0.3 is 0 Å². The lowest BCUT2D eigenvalue weighted by Gasteiger charge is -1.97. The average Bonchev–Trinajstić information content (AvgIpc) is 1.84. The van der Waals surface area contributed by atoms with Crippen molar-refractivity contribution in [3.8, 4) is 0 Å². The molecule has 0 fully saturated rings. The predicted octanol–water partition coefficient (Wildman–Crippen LogP) is -2.91. The van der Waals surface area contributed by atoms with Gasteiger partial charge in [0.15, 0.2) is 0 Å². The molecule has 0 heterocycles. The first kappa shape index (κ1) is 8.28. The van der Waals surface area contributed by atoms with E-state index in [1.54, 1.807) is 0 Å². The van der Waals surface area contributed by atoms with E-state index < -0.39 is 23.2 Å². The molecule has 8 N–H and O–H groups in total. The molecule has 0 rings (SSSR count). The number of hydrogen-bond donors (Lipinski definition) is 4. The number of primary amides is 2. The van der Waals surface area contributed by atoms with Crippen molar-refractivity contribution in [2.24, 2.45) is 22.9 Å². The standard InChI is InChI=1S/C4H8N4O2/c5-1(3(7)9)2(6)4(8)10/h5-6H2,(H2,7,9)(H2,8,10)/b2-1-. The largest absolute Gasteiger partial charge is 0.392 e. The normalized spacial score (nSPS) is 12.0. The zero-order chi connectivity index (χ0) is 8.31. The molecule has 10 heavy (non-hydrogen) atoms. The highest BCUT2D eigenvalue weighted by Crippen LogP contribution is 1.86. The van der Waals surface area contributed by atoms with E-state index in [4.69, 9.17) is 11.5 Å². The van der Waals surface area contributed by atoms with Gasteiger partial charge < -0.3 is 22.9 Å². The van der Waals surface area contributed by atoms with Gasteiger partial charge in [-0.25, -0.2) is 0 Å². The summed E-state index contributed by atoms with van der Waals surface area (Å²) >= 11 is 0. The Bertz CT molecular complexity index is 185. The van der Waals surface area contributed by atoms with Crippen molar-refractivity contribution in [1.82, 2.24) is 0 Å². The maximum absolute atomic E-state index is 10.2. The van der Waals surface area contributed by atoms with Crippen LogP contribution in [0.5, 0.6) is 0 Å². The van der Waals surface area contributed by atoms with Crippen molar-refractivity contribution in [3.05, 3.63) is 11.4 Å². The molecule has 0 saturated heterocycles. The lowest BCUT2D eigenvalue weighted by molar-refractivity contribution is -0.117. The lowest BCUT2D eigenvalue weighted by Crippen LogP contribution is -2.31. The summed E-state index contributed by atoms with van der Waals surface area (Å²) in [6.07, 6.45) is 0. The van der Waals surface area contributed by atoms with Crippen molar-refractivity contribution < 1.29 is 9.59 Å². The van der Waals surface area contributed by atoms with Crippen LogP contribution in [0.2, 0.25) is 0 Å². The number of carbonyl (C=O) groups excluding carboxylic acids is 2. The monoisotopic (exact) mass is 144 g/mol. The van der Waals surface area contributed by atoms with E-state index in [1.165, 1.54) is 0 Å². The van der Waals surface area contributed by atoms with Gasteiger partial charge in [-0.3, -0.25) is 9.59 Å². The highest BCUT2D eigenvalue weighted by atomic mass is 16.2. The zero-order valence-corrected chi connectivity index (χ0v) is 5.13. The van der Waals surface area contributed by atoms with Crippen molar-refractivity contribution in [3.63, 3.8) is 0 Å². The molecule has 6 heteroatoms. The van der Waals surface area contributed by atoms with Gasteiger partial charge in [0.25, 0.3) is 11.8 Å². The summed E-state index contributed by atoms with van der Waals surface area (Å²) in [4.78, 5) is 20.4. The van der Waals surface area contributed by atoms with Gasteiger partial charge in [-0.15, -0.1) is 0 Å². The maximum Gasteiger partial charge on any atom is 0.266 e. The summed E-state index contributed by atoms with van der Waals surface area (Å²) in [6.45, 7) is 0. The first-order valence-electron chi connectivity index (χ1n) is 2.31. The Morgan fingerprint density at radius 2 is 0.900 bits per heavy atom. The fourth-order valence-corrected chi connectivity index (χ4v) is 0.265. The minimum Gasteiger partial charge on any atom is -0.392 e. The Kier molecular flexibility index (Phi) is 2.25. The van der Waals surface area contributed by atoms with Gasteiger partial charge in [-0.05, 0) is 0 Å². The molecule has 6 nitrogen and oxygen atoms in total. The van der Waals surface area contributed by atoms with Crippen LogP contribution in [0.15, 0.2) is 11.4 Å². The van der Waals surface area contributed by atoms with Gasteiger partial charge in [-0.2, -0.15) is 0 Å². The summed E-state index contributed by atoms with van der Waals surface area (Å²) in [5.41, 5.74) is 18.2. The molecule has 0 bridgehead atoms. The summed E-state index contributed by atoms with van der Waals surface area (Å²) in [7, 11) is 0. The third-order valence-electron chi connectivity index (χ3n) is 0.821. The smallest absolute Gasteiger partial charge is 0.266 e. The molecule has 0 unspecified atom stereocenters. The van der Waals surface area contributed by atoms with Crippen LogP contribution in [0.3, 0.4) is 0 Å². The van der Waals surface area contributed by atoms with Crippen LogP contribution in [0.25, 0.3) is 0 Å². The molecule has 2 amide bonds. The third-order valence-corrected chi connectivity index (χ3v) is 0.821. The van der Waals surface area contributed by atoms with E-state index in [0.29, 0.717) is 0 Å². The summed E-state index contributed by atoms with van der Waals surface area (Å²) in [5, 5.41) is 0. The molecule has 0 saturated carbocycles. The Morgan fingerprint density at radius 1 is 0.700 bits per heavy atom. The van der Waals surface area contributed by atoms with Crippen LogP contribution in [-0.4, -0.2) is 11.8 Å². The molecule has 0 spiro atoms. The topological polar surface area (TPSA) is 138 Å². The minimum absolute atomic E-state index is 0.507. The molecule has 56 valence electrons. The van der Waals surface area contributed by atoms with Crippen LogP contribution in [0.4, 0.5) is 0 Å². The highest BCUT2D eigenvalue weighted by Gasteiger charge is 2.08. The minimum atomic E-state index is -0.962. The van der Waals surface area contributed by atoms with Crippen molar-refractivity contribution in [2.45, 2.75) is 0 Å². The Balaban J connectivity index is 4.67. The molecule has 0 radical (unpaired) electrons. The van der Waals surface area contributed by atoms with Crippen LogP contribution in [0.1, 0.15) is 0 Å². The van der Waals surface area contributed by atoms with Gasteiger partial charge in [-0.1, -0.05) is 0 Å². The number of hydrogen-bond acceptors (Lipinski definition) is 4. The number of carbonyl (C=O) groups is 2. The second kappa shape index (κ2) is 2.72. The third kappa shape index (κ3) is 1.66. The van der Waals surface area contributed by atoms with E-state index in [1.807, 2.05) is 0 Å². The first-order chi connectivity index (χ1) is 4.46. The van der Waals surface area contributed by atoms with Crippen molar-refractivity contribution >= 4 is 11.8 Å². The second-order valence-electron chi connectivity index (χ2n) is 1.56. The lowest BCUT2D eigenvalue weighted by atomic mass is 10.3. The summed E-state index contributed by atoms with van der Waals surface area (Å²) in [5.74, 6) is -1.92. The Labute approximate surface area is 56.8 Å². The van der Waals surface area contributed by atoms with Gasteiger partial charge in [0.2, 0.25) is 0 Å². The molecule has 0 aromatic carbocycles. The number of rotatable bonds is 2. The molecule has 0 aliphatic rings. The predicted molar refractivity (Wildman–Crippen MR) is 33.8 cm³/mol. The average molecular weight is 144 g/mol. The highest BCUT2D eigenvalue weighted by molar-refractivity contribution is 6.02. The van der Waals surface area contributed by atoms with Gasteiger partial charge in [0.1, 0.15) is 11.4 Å². The van der Waals surface area contributed by atoms with Crippen LogP contribution >= 0.6 is 0 Å². The molecular weight excluding hydrogens is 136 g/mol. The van der Waals surface area contributed by atoms with E-state index in [9.17, 15) is 9.59 Å². The van der Waals surface area contributed by atoms with E-state index in [0.717, 1.165) is 0 Å². The SMILES string of the molecule is NC(=O)/C(N)=C(/N)C(N)=O. The fourth-order valence-electron chi connectivity index (χ4n) is 0.265.